The Morgan fingerprint density at radius 2 is 1.86 bits per heavy atom. The number of aromatic nitrogens is 3. The van der Waals surface area contributed by atoms with Crippen molar-refractivity contribution in [1.82, 2.24) is 15.1 Å². The quantitative estimate of drug-likeness (QED) is 0.539. The van der Waals surface area contributed by atoms with E-state index in [0.717, 1.165) is 22.4 Å². The predicted molar refractivity (Wildman–Crippen MR) is 107 cm³/mol. The molecule has 4 aromatic rings. The molecular formula is C22H17N5O2. The zero-order valence-electron chi connectivity index (χ0n) is 15.4. The molecule has 2 N–H and O–H groups in total. The van der Waals surface area contributed by atoms with Gasteiger partial charge >= 0.3 is 0 Å². The van der Waals surface area contributed by atoms with E-state index < -0.39 is 0 Å². The van der Waals surface area contributed by atoms with E-state index in [1.807, 2.05) is 36.4 Å². The second kappa shape index (κ2) is 8.23. The molecule has 142 valence electrons. The maximum atomic E-state index is 8.83. The third-order valence-electron chi connectivity index (χ3n) is 4.32. The fourth-order valence-corrected chi connectivity index (χ4v) is 2.79. The van der Waals surface area contributed by atoms with Crippen LogP contribution in [-0.2, 0) is 13.0 Å². The van der Waals surface area contributed by atoms with Crippen LogP contribution in [0.15, 0.2) is 71.5 Å². The highest BCUT2D eigenvalue weighted by molar-refractivity contribution is 5.69. The summed E-state index contributed by atoms with van der Waals surface area (Å²) < 4.78 is 11.1. The van der Waals surface area contributed by atoms with Gasteiger partial charge < -0.3 is 15.0 Å². The molecule has 7 heteroatoms. The lowest BCUT2D eigenvalue weighted by atomic mass is 10.1. The molecule has 0 bridgehead atoms. The molecule has 3 aromatic heterocycles. The van der Waals surface area contributed by atoms with Crippen molar-refractivity contribution >= 4 is 5.82 Å². The maximum absolute atomic E-state index is 8.83. The van der Waals surface area contributed by atoms with Gasteiger partial charge in [-0.1, -0.05) is 23.4 Å². The molecule has 0 aliphatic heterocycles. The average Bonchev–Trinajstić information content (AvgIpc) is 3.22. The highest BCUT2D eigenvalue weighted by Crippen LogP contribution is 2.25. The van der Waals surface area contributed by atoms with Crippen molar-refractivity contribution in [2.45, 2.75) is 13.0 Å². The number of hydrogen-bond acceptors (Lipinski definition) is 7. The van der Waals surface area contributed by atoms with E-state index in [1.165, 1.54) is 0 Å². The van der Waals surface area contributed by atoms with E-state index in [9.17, 15) is 0 Å². The molecule has 29 heavy (non-hydrogen) atoms. The Balaban J connectivity index is 1.37. The monoisotopic (exact) mass is 383 g/mol. The number of pyridine rings is 2. The lowest BCUT2D eigenvalue weighted by molar-refractivity contribution is 0.294. The third-order valence-corrected chi connectivity index (χ3v) is 4.32. The molecule has 0 radical (unpaired) electrons. The minimum atomic E-state index is 0.386. The maximum Gasteiger partial charge on any atom is 0.213 e. The van der Waals surface area contributed by atoms with Gasteiger partial charge in [0.15, 0.2) is 5.76 Å². The van der Waals surface area contributed by atoms with E-state index in [2.05, 4.69) is 21.2 Å². The Kier molecular flexibility index (Phi) is 5.16. The zero-order valence-corrected chi connectivity index (χ0v) is 15.4. The lowest BCUT2D eigenvalue weighted by Gasteiger charge is -2.06. The molecule has 4 rings (SSSR count). The second-order valence-electron chi connectivity index (χ2n) is 6.40. The number of ether oxygens (including phenoxy) is 1. The van der Waals surface area contributed by atoms with Crippen LogP contribution in [0.3, 0.4) is 0 Å². The summed E-state index contributed by atoms with van der Waals surface area (Å²) in [5, 5.41) is 12.9. The summed E-state index contributed by atoms with van der Waals surface area (Å²) in [5.74, 6) is 1.52. The molecule has 7 nitrogen and oxygen atoms in total. The number of nitriles is 1. The van der Waals surface area contributed by atoms with Crippen molar-refractivity contribution in [3.05, 3.63) is 89.4 Å². The molecule has 0 saturated carbocycles. The van der Waals surface area contributed by atoms with Crippen LogP contribution in [0.1, 0.15) is 22.4 Å². The molecule has 0 amide bonds. The number of nitrogens with zero attached hydrogens (tertiary/aromatic N) is 4. The van der Waals surface area contributed by atoms with Crippen LogP contribution in [0.5, 0.6) is 5.88 Å². The molecule has 3 heterocycles. The fourth-order valence-electron chi connectivity index (χ4n) is 2.79. The van der Waals surface area contributed by atoms with Gasteiger partial charge in [-0.15, -0.1) is 0 Å². The molecule has 0 unspecified atom stereocenters. The number of anilines is 1. The van der Waals surface area contributed by atoms with Crippen LogP contribution < -0.4 is 10.5 Å². The Morgan fingerprint density at radius 3 is 2.59 bits per heavy atom. The van der Waals surface area contributed by atoms with Crippen LogP contribution >= 0.6 is 0 Å². The van der Waals surface area contributed by atoms with Crippen molar-refractivity contribution in [2.24, 2.45) is 0 Å². The minimum absolute atomic E-state index is 0.386. The predicted octanol–water partition coefficient (Wildman–Crippen LogP) is 3.76. The van der Waals surface area contributed by atoms with Crippen LogP contribution in [-0.4, -0.2) is 15.1 Å². The molecule has 0 atom stereocenters. The van der Waals surface area contributed by atoms with Crippen LogP contribution in [0.4, 0.5) is 5.82 Å². The van der Waals surface area contributed by atoms with E-state index in [0.29, 0.717) is 36.0 Å². The summed E-state index contributed by atoms with van der Waals surface area (Å²) in [4.78, 5) is 8.40. The molecule has 0 aliphatic rings. The summed E-state index contributed by atoms with van der Waals surface area (Å²) in [6.07, 6.45) is 3.96. The summed E-state index contributed by atoms with van der Waals surface area (Å²) >= 11 is 0. The Labute approximate surface area is 167 Å². The summed E-state index contributed by atoms with van der Waals surface area (Å²) in [6, 6.07) is 18.6. The normalized spacial score (nSPS) is 10.4. The van der Waals surface area contributed by atoms with Crippen molar-refractivity contribution in [1.29, 1.82) is 5.26 Å². The summed E-state index contributed by atoms with van der Waals surface area (Å²) in [7, 11) is 0. The molecule has 1 aromatic carbocycles. The topological polar surface area (TPSA) is 111 Å². The standard InChI is InChI=1S/C22H17N5O2/c23-12-15-3-5-16(6-4-15)14-28-21-8-7-17(13-26-21)10-18-11-20(29-27-18)19-2-1-9-25-22(19)24/h1-9,11,13H,10,14H2,(H2,24,25). The number of nitrogen functional groups attached to an aromatic ring is 1. The highest BCUT2D eigenvalue weighted by Gasteiger charge is 2.11. The van der Waals surface area contributed by atoms with Gasteiger partial charge in [-0.3, -0.25) is 0 Å². The van der Waals surface area contributed by atoms with Crippen molar-refractivity contribution in [3.8, 4) is 23.3 Å². The number of hydrogen-bond donors (Lipinski definition) is 1. The van der Waals surface area contributed by atoms with Gasteiger partial charge in [0.05, 0.1) is 22.9 Å². The molecular weight excluding hydrogens is 366 g/mol. The van der Waals surface area contributed by atoms with Crippen molar-refractivity contribution in [2.75, 3.05) is 5.73 Å². The SMILES string of the molecule is N#Cc1ccc(COc2ccc(Cc3cc(-c4cccnc4N)on3)cn2)cc1. The van der Waals surface area contributed by atoms with Gasteiger partial charge in [0.1, 0.15) is 12.4 Å². The Hall–Kier alpha value is -4.18. The summed E-state index contributed by atoms with van der Waals surface area (Å²) in [6.45, 7) is 0.386. The lowest BCUT2D eigenvalue weighted by Crippen LogP contribution is -1.98. The number of nitrogens with two attached hydrogens (primary N) is 1. The van der Waals surface area contributed by atoms with Gasteiger partial charge in [0, 0.05) is 30.9 Å². The van der Waals surface area contributed by atoms with Gasteiger partial charge in [-0.05, 0) is 35.4 Å². The zero-order chi connectivity index (χ0) is 20.1. The first-order valence-electron chi connectivity index (χ1n) is 8.94. The van der Waals surface area contributed by atoms with Crippen LogP contribution in [0, 0.1) is 11.3 Å². The summed E-state index contributed by atoms with van der Waals surface area (Å²) in [5.41, 5.74) is 9.95. The van der Waals surface area contributed by atoms with E-state index in [4.69, 9.17) is 20.3 Å². The Bertz CT molecular complexity index is 1150. The molecule has 0 spiro atoms. The first-order valence-corrected chi connectivity index (χ1v) is 8.94. The molecule has 0 aliphatic carbocycles. The smallest absolute Gasteiger partial charge is 0.213 e. The third kappa shape index (κ3) is 4.39. The van der Waals surface area contributed by atoms with E-state index >= 15 is 0 Å². The average molecular weight is 383 g/mol. The van der Waals surface area contributed by atoms with Gasteiger partial charge in [0.25, 0.3) is 0 Å². The molecule has 0 saturated heterocycles. The fraction of sp³-hybridized carbons (Fsp3) is 0.0909. The molecule has 0 fully saturated rings. The number of rotatable bonds is 6. The van der Waals surface area contributed by atoms with Crippen LogP contribution in [0.2, 0.25) is 0 Å². The second-order valence-corrected chi connectivity index (χ2v) is 6.40. The first-order chi connectivity index (χ1) is 14.2. The van der Waals surface area contributed by atoms with Gasteiger partial charge in [0.2, 0.25) is 5.88 Å². The number of benzene rings is 1. The van der Waals surface area contributed by atoms with Crippen molar-refractivity contribution < 1.29 is 9.26 Å². The first kappa shape index (κ1) is 18.2. The Morgan fingerprint density at radius 1 is 1.03 bits per heavy atom. The van der Waals surface area contributed by atoms with Gasteiger partial charge in [-0.2, -0.15) is 5.26 Å². The minimum Gasteiger partial charge on any atom is -0.473 e. The highest BCUT2D eigenvalue weighted by atomic mass is 16.5. The largest absolute Gasteiger partial charge is 0.473 e. The van der Waals surface area contributed by atoms with Crippen molar-refractivity contribution in [3.63, 3.8) is 0 Å². The van der Waals surface area contributed by atoms with E-state index in [-0.39, 0.29) is 0 Å². The van der Waals surface area contributed by atoms with Crippen LogP contribution in [0.25, 0.3) is 11.3 Å². The van der Waals surface area contributed by atoms with E-state index in [1.54, 1.807) is 30.6 Å². The van der Waals surface area contributed by atoms with Gasteiger partial charge in [-0.25, -0.2) is 9.97 Å².